The Morgan fingerprint density at radius 1 is 1.33 bits per heavy atom. The normalized spacial score (nSPS) is 11.1. The van der Waals surface area contributed by atoms with Crippen LogP contribution in [0.1, 0.15) is 49.5 Å². The van der Waals surface area contributed by atoms with Crippen molar-refractivity contribution in [2.24, 2.45) is 5.92 Å². The molecule has 100 valence electrons. The van der Waals surface area contributed by atoms with Gasteiger partial charge in [-0.3, -0.25) is 4.79 Å². The summed E-state index contributed by atoms with van der Waals surface area (Å²) in [5.74, 6) is 0.519. The number of carbonyl (C=O) groups excluding carboxylic acids is 1. The number of ketones is 1. The van der Waals surface area contributed by atoms with E-state index in [1.807, 2.05) is 0 Å². The number of halogens is 2. The third-order valence-electron chi connectivity index (χ3n) is 2.60. The van der Waals surface area contributed by atoms with Crippen LogP contribution in [0.15, 0.2) is 18.2 Å². The van der Waals surface area contributed by atoms with Crippen molar-refractivity contribution >= 4 is 5.78 Å². The minimum Gasteiger partial charge on any atom is -0.494 e. The lowest BCUT2D eigenvalue weighted by Crippen LogP contribution is -2.04. The summed E-state index contributed by atoms with van der Waals surface area (Å²) in [6.45, 7) is 5.89. The minimum absolute atomic E-state index is 0.0567. The number of rotatable bonds is 6. The van der Waals surface area contributed by atoms with Crippen LogP contribution in [0.2, 0.25) is 0 Å². The zero-order valence-corrected chi connectivity index (χ0v) is 10.9. The van der Waals surface area contributed by atoms with E-state index in [9.17, 15) is 13.6 Å². The molecular weight excluding hydrogens is 238 g/mol. The van der Waals surface area contributed by atoms with E-state index < -0.39 is 6.43 Å². The van der Waals surface area contributed by atoms with Crippen LogP contribution in [0, 0.1) is 5.92 Å². The first-order chi connectivity index (χ1) is 8.41. The lowest BCUT2D eigenvalue weighted by Gasteiger charge is -2.11. The second kappa shape index (κ2) is 6.47. The first-order valence-corrected chi connectivity index (χ1v) is 5.97. The number of alkyl halides is 2. The van der Waals surface area contributed by atoms with Gasteiger partial charge in [0.05, 0.1) is 6.61 Å². The van der Waals surface area contributed by atoms with Gasteiger partial charge in [0.2, 0.25) is 0 Å². The van der Waals surface area contributed by atoms with Crippen molar-refractivity contribution in [3.8, 4) is 5.75 Å². The second-order valence-electron chi connectivity index (χ2n) is 4.64. The highest BCUT2D eigenvalue weighted by molar-refractivity contribution is 5.95. The summed E-state index contributed by atoms with van der Waals surface area (Å²) < 4.78 is 31.0. The molecule has 1 rings (SSSR count). The predicted molar refractivity (Wildman–Crippen MR) is 66.4 cm³/mol. The van der Waals surface area contributed by atoms with E-state index in [1.165, 1.54) is 19.1 Å². The van der Waals surface area contributed by atoms with Gasteiger partial charge in [-0.15, -0.1) is 0 Å². The molecule has 0 aromatic heterocycles. The molecule has 1 aromatic rings. The fourth-order valence-electron chi connectivity index (χ4n) is 1.54. The molecular formula is C14H18F2O2. The Morgan fingerprint density at radius 2 is 2.00 bits per heavy atom. The maximum atomic E-state index is 12.8. The lowest BCUT2D eigenvalue weighted by molar-refractivity contribution is 0.0998. The third kappa shape index (κ3) is 4.09. The molecule has 0 heterocycles. The molecule has 0 unspecified atom stereocenters. The molecule has 2 nitrogen and oxygen atoms in total. The standard InChI is InChI=1S/C14H18F2O2/c1-9(2)6-7-18-11-4-5-12(10(3)17)13(8-11)14(15)16/h4-5,8-9,14H,6-7H2,1-3H3. The molecule has 0 atom stereocenters. The van der Waals surface area contributed by atoms with Crippen LogP contribution >= 0.6 is 0 Å². The molecule has 0 aliphatic carbocycles. The Bertz CT molecular complexity index is 414. The Labute approximate surface area is 106 Å². The summed E-state index contributed by atoms with van der Waals surface area (Å²) >= 11 is 0. The van der Waals surface area contributed by atoms with E-state index in [0.717, 1.165) is 6.42 Å². The number of hydrogen-bond acceptors (Lipinski definition) is 2. The van der Waals surface area contributed by atoms with Crippen molar-refractivity contribution in [3.63, 3.8) is 0 Å². The van der Waals surface area contributed by atoms with Crippen LogP contribution < -0.4 is 4.74 Å². The predicted octanol–water partition coefficient (Wildman–Crippen LogP) is 4.25. The molecule has 0 amide bonds. The molecule has 0 N–H and O–H groups in total. The number of hydrogen-bond donors (Lipinski definition) is 0. The first kappa shape index (κ1) is 14.6. The van der Waals surface area contributed by atoms with E-state index in [1.54, 1.807) is 6.07 Å². The summed E-state index contributed by atoms with van der Waals surface area (Å²) in [5.41, 5.74) is -0.203. The monoisotopic (exact) mass is 256 g/mol. The van der Waals surface area contributed by atoms with Crippen LogP contribution in [-0.2, 0) is 0 Å². The summed E-state index contributed by atoms with van der Waals surface area (Å²) in [6, 6.07) is 4.21. The maximum absolute atomic E-state index is 12.8. The number of benzene rings is 1. The zero-order valence-electron chi connectivity index (χ0n) is 10.9. The summed E-state index contributed by atoms with van der Waals surface area (Å²) in [4.78, 5) is 11.2. The molecule has 0 spiro atoms. The Balaban J connectivity index is 2.83. The molecule has 0 fully saturated rings. The van der Waals surface area contributed by atoms with Crippen molar-refractivity contribution in [3.05, 3.63) is 29.3 Å². The van der Waals surface area contributed by atoms with E-state index in [2.05, 4.69) is 13.8 Å². The van der Waals surface area contributed by atoms with Gasteiger partial charge in [0, 0.05) is 11.1 Å². The molecule has 0 saturated carbocycles. The van der Waals surface area contributed by atoms with E-state index in [4.69, 9.17) is 4.74 Å². The van der Waals surface area contributed by atoms with Gasteiger partial charge in [-0.1, -0.05) is 13.8 Å². The van der Waals surface area contributed by atoms with Gasteiger partial charge in [-0.25, -0.2) is 8.78 Å². The molecule has 0 aliphatic heterocycles. The molecule has 0 radical (unpaired) electrons. The summed E-state index contributed by atoms with van der Waals surface area (Å²) in [5, 5.41) is 0. The van der Waals surface area contributed by atoms with Crippen molar-refractivity contribution in [2.45, 2.75) is 33.6 Å². The van der Waals surface area contributed by atoms with E-state index in [0.29, 0.717) is 18.3 Å². The highest BCUT2D eigenvalue weighted by Gasteiger charge is 2.16. The van der Waals surface area contributed by atoms with Crippen LogP contribution in [0.3, 0.4) is 0 Å². The quantitative estimate of drug-likeness (QED) is 0.711. The number of carbonyl (C=O) groups is 1. The average molecular weight is 256 g/mol. The van der Waals surface area contributed by atoms with E-state index in [-0.39, 0.29) is 16.9 Å². The van der Waals surface area contributed by atoms with Crippen molar-refractivity contribution in [1.29, 1.82) is 0 Å². The topological polar surface area (TPSA) is 26.3 Å². The summed E-state index contributed by atoms with van der Waals surface area (Å²) in [7, 11) is 0. The Hall–Kier alpha value is -1.45. The number of ether oxygens (including phenoxy) is 1. The fraction of sp³-hybridized carbons (Fsp3) is 0.500. The van der Waals surface area contributed by atoms with Gasteiger partial charge in [-0.2, -0.15) is 0 Å². The van der Waals surface area contributed by atoms with Gasteiger partial charge in [0.25, 0.3) is 6.43 Å². The SMILES string of the molecule is CC(=O)c1ccc(OCCC(C)C)cc1C(F)F. The van der Waals surface area contributed by atoms with Crippen LogP contribution in [0.25, 0.3) is 0 Å². The highest BCUT2D eigenvalue weighted by atomic mass is 19.3. The van der Waals surface area contributed by atoms with Crippen LogP contribution in [0.5, 0.6) is 5.75 Å². The molecule has 0 saturated heterocycles. The number of Topliss-reactive ketones (excluding diaryl/α,β-unsaturated/α-hetero) is 1. The Kier molecular flexibility index (Phi) is 5.25. The average Bonchev–Trinajstić information content (AvgIpc) is 2.28. The Morgan fingerprint density at radius 3 is 2.50 bits per heavy atom. The van der Waals surface area contributed by atoms with Crippen molar-refractivity contribution < 1.29 is 18.3 Å². The van der Waals surface area contributed by atoms with Crippen molar-refractivity contribution in [1.82, 2.24) is 0 Å². The molecule has 1 aromatic carbocycles. The van der Waals surface area contributed by atoms with Gasteiger partial charge < -0.3 is 4.74 Å². The molecule has 0 bridgehead atoms. The minimum atomic E-state index is -2.67. The van der Waals surface area contributed by atoms with Gasteiger partial charge in [0.15, 0.2) is 5.78 Å². The van der Waals surface area contributed by atoms with Gasteiger partial charge in [0.1, 0.15) is 5.75 Å². The maximum Gasteiger partial charge on any atom is 0.264 e. The largest absolute Gasteiger partial charge is 0.494 e. The third-order valence-corrected chi connectivity index (χ3v) is 2.60. The van der Waals surface area contributed by atoms with Crippen LogP contribution in [-0.4, -0.2) is 12.4 Å². The highest BCUT2D eigenvalue weighted by Crippen LogP contribution is 2.27. The molecule has 18 heavy (non-hydrogen) atoms. The zero-order chi connectivity index (χ0) is 13.7. The second-order valence-corrected chi connectivity index (χ2v) is 4.64. The van der Waals surface area contributed by atoms with Gasteiger partial charge >= 0.3 is 0 Å². The van der Waals surface area contributed by atoms with Gasteiger partial charge in [-0.05, 0) is 37.5 Å². The molecule has 0 aliphatic rings. The fourth-order valence-corrected chi connectivity index (χ4v) is 1.54. The first-order valence-electron chi connectivity index (χ1n) is 5.97. The summed E-state index contributed by atoms with van der Waals surface area (Å²) in [6.07, 6.45) is -1.81. The van der Waals surface area contributed by atoms with Crippen molar-refractivity contribution in [2.75, 3.05) is 6.61 Å². The molecule has 4 heteroatoms. The smallest absolute Gasteiger partial charge is 0.264 e. The van der Waals surface area contributed by atoms with E-state index >= 15 is 0 Å². The van der Waals surface area contributed by atoms with Crippen LogP contribution in [0.4, 0.5) is 8.78 Å². The lowest BCUT2D eigenvalue weighted by atomic mass is 10.0.